The van der Waals surface area contributed by atoms with Crippen LogP contribution >= 0.6 is 0 Å². The minimum Gasteiger partial charge on any atom is -0.493 e. The molecule has 4 rings (SSSR count). The van der Waals surface area contributed by atoms with Crippen molar-refractivity contribution in [2.45, 2.75) is 18.6 Å². The third kappa shape index (κ3) is 3.65. The lowest BCUT2D eigenvalue weighted by Gasteiger charge is -2.28. The van der Waals surface area contributed by atoms with Gasteiger partial charge < -0.3 is 14.8 Å². The molecule has 31 heavy (non-hydrogen) atoms. The van der Waals surface area contributed by atoms with Crippen molar-refractivity contribution in [3.63, 3.8) is 0 Å². The molecule has 1 unspecified atom stereocenters. The van der Waals surface area contributed by atoms with E-state index in [1.54, 1.807) is 42.5 Å². The van der Waals surface area contributed by atoms with E-state index in [0.29, 0.717) is 39.4 Å². The molecular weight excluding hydrogens is 409 g/mol. The molecule has 9 heteroatoms. The lowest BCUT2D eigenvalue weighted by Crippen LogP contribution is -2.34. The number of nitrogens with one attached hydrogen (secondary N) is 1. The molecule has 160 valence electrons. The molecule has 1 atom stereocenters. The van der Waals surface area contributed by atoms with Gasteiger partial charge in [0, 0.05) is 12.1 Å². The number of ether oxygens (including phenoxy) is 2. The van der Waals surface area contributed by atoms with Gasteiger partial charge in [-0.25, -0.2) is 4.68 Å². The maximum absolute atomic E-state index is 13.7. The van der Waals surface area contributed by atoms with Gasteiger partial charge in [-0.2, -0.15) is 23.5 Å². The highest BCUT2D eigenvalue weighted by molar-refractivity contribution is 5.90. The Balaban J connectivity index is 1.99. The molecule has 0 bridgehead atoms. The third-order valence-corrected chi connectivity index (χ3v) is 5.23. The number of hydrogen-bond acceptors (Lipinski definition) is 5. The molecule has 1 N–H and O–H groups in total. The number of aromatic nitrogens is 2. The van der Waals surface area contributed by atoms with Crippen molar-refractivity contribution in [2.75, 3.05) is 26.1 Å². The van der Waals surface area contributed by atoms with Gasteiger partial charge in [0.05, 0.1) is 31.4 Å². The SMILES string of the molecule is COc1ccc(-c2c(-c3cccc(C#N)c3)nn3c2NCCC3C(F)(F)F)cc1OC. The quantitative estimate of drug-likeness (QED) is 0.631. The Hall–Kier alpha value is -3.67. The molecule has 6 nitrogen and oxygen atoms in total. The third-order valence-electron chi connectivity index (χ3n) is 5.23. The summed E-state index contributed by atoms with van der Waals surface area (Å²) >= 11 is 0. The normalized spacial score (nSPS) is 15.5. The van der Waals surface area contributed by atoms with E-state index in [9.17, 15) is 18.4 Å². The molecule has 0 radical (unpaired) electrons. The van der Waals surface area contributed by atoms with Crippen LogP contribution in [0.15, 0.2) is 42.5 Å². The second-order valence-corrected chi connectivity index (χ2v) is 7.05. The van der Waals surface area contributed by atoms with E-state index in [0.717, 1.165) is 4.68 Å². The van der Waals surface area contributed by atoms with Gasteiger partial charge in [0.1, 0.15) is 11.5 Å². The molecule has 1 aliphatic rings. The zero-order chi connectivity index (χ0) is 22.2. The largest absolute Gasteiger partial charge is 0.493 e. The summed E-state index contributed by atoms with van der Waals surface area (Å²) in [6.45, 7) is 0.161. The Kier molecular flexibility index (Phi) is 5.23. The molecular formula is C22H19F3N4O2. The van der Waals surface area contributed by atoms with Crippen molar-refractivity contribution in [2.24, 2.45) is 0 Å². The average molecular weight is 428 g/mol. The second kappa shape index (κ2) is 7.87. The topological polar surface area (TPSA) is 72.1 Å². The molecule has 0 aliphatic carbocycles. The highest BCUT2D eigenvalue weighted by atomic mass is 19.4. The Morgan fingerprint density at radius 2 is 1.87 bits per heavy atom. The van der Waals surface area contributed by atoms with Crippen LogP contribution in [0.1, 0.15) is 18.0 Å². The first-order valence-electron chi connectivity index (χ1n) is 9.53. The second-order valence-electron chi connectivity index (χ2n) is 7.05. The number of nitrogens with zero attached hydrogens (tertiary/aromatic N) is 3. The molecule has 0 amide bonds. The van der Waals surface area contributed by atoms with Gasteiger partial charge in [0.2, 0.25) is 0 Å². The molecule has 0 spiro atoms. The zero-order valence-corrected chi connectivity index (χ0v) is 16.8. The number of halogens is 3. The van der Waals surface area contributed by atoms with Crippen LogP contribution in [0, 0.1) is 11.3 Å². The molecule has 1 aromatic heterocycles. The smallest absolute Gasteiger partial charge is 0.410 e. The van der Waals surface area contributed by atoms with Crippen LogP contribution in [0.3, 0.4) is 0 Å². The van der Waals surface area contributed by atoms with Crippen LogP contribution in [-0.2, 0) is 0 Å². The zero-order valence-electron chi connectivity index (χ0n) is 16.8. The lowest BCUT2D eigenvalue weighted by molar-refractivity contribution is -0.171. The van der Waals surface area contributed by atoms with E-state index in [4.69, 9.17) is 9.47 Å². The number of rotatable bonds is 4. The molecule has 3 aromatic rings. The van der Waals surface area contributed by atoms with E-state index in [2.05, 4.69) is 16.5 Å². The fourth-order valence-electron chi connectivity index (χ4n) is 3.78. The van der Waals surface area contributed by atoms with E-state index >= 15 is 0 Å². The Morgan fingerprint density at radius 3 is 2.55 bits per heavy atom. The van der Waals surface area contributed by atoms with E-state index in [1.165, 1.54) is 14.2 Å². The van der Waals surface area contributed by atoms with Gasteiger partial charge >= 0.3 is 6.18 Å². The fraction of sp³-hybridized carbons (Fsp3) is 0.273. The molecule has 0 fully saturated rings. The summed E-state index contributed by atoms with van der Waals surface area (Å²) in [6.07, 6.45) is -4.56. The summed E-state index contributed by atoms with van der Waals surface area (Å²) in [5.74, 6) is 1.22. The monoisotopic (exact) mass is 428 g/mol. The molecule has 1 aliphatic heterocycles. The van der Waals surface area contributed by atoms with E-state index in [1.807, 2.05) is 0 Å². The van der Waals surface area contributed by atoms with Crippen LogP contribution in [0.2, 0.25) is 0 Å². The highest BCUT2D eigenvalue weighted by Crippen LogP contribution is 2.46. The number of nitriles is 1. The minimum absolute atomic E-state index is 0.124. The number of benzene rings is 2. The van der Waals surface area contributed by atoms with Gasteiger partial charge in [-0.3, -0.25) is 0 Å². The summed E-state index contributed by atoms with van der Waals surface area (Å²) in [4.78, 5) is 0. The van der Waals surface area contributed by atoms with Crippen LogP contribution in [0.5, 0.6) is 11.5 Å². The Labute approximate surface area is 176 Å². The first kappa shape index (κ1) is 20.6. The van der Waals surface area contributed by atoms with E-state index in [-0.39, 0.29) is 18.8 Å². The summed E-state index contributed by atoms with van der Waals surface area (Å²) in [5, 5.41) is 16.7. The number of hydrogen-bond donors (Lipinski definition) is 1. The first-order valence-corrected chi connectivity index (χ1v) is 9.53. The predicted octanol–water partition coefficient (Wildman–Crippen LogP) is 5.02. The maximum Gasteiger partial charge on any atom is 0.410 e. The van der Waals surface area contributed by atoms with Crippen molar-refractivity contribution in [1.82, 2.24) is 9.78 Å². The van der Waals surface area contributed by atoms with Crippen LogP contribution in [-0.4, -0.2) is 36.7 Å². The molecule has 0 saturated heterocycles. The highest BCUT2D eigenvalue weighted by Gasteiger charge is 2.45. The maximum atomic E-state index is 13.7. The standard InChI is InChI=1S/C22H19F3N4O2/c1-30-16-7-6-14(11-17(16)31-2)19-20(15-5-3-4-13(10-15)12-26)28-29-18(22(23,24)25)8-9-27-21(19)29/h3-7,10-11,18,27H,8-9H2,1-2H3. The summed E-state index contributed by atoms with van der Waals surface area (Å²) in [6, 6.07) is 12.1. The van der Waals surface area contributed by atoms with Crippen molar-refractivity contribution in [3.8, 4) is 40.0 Å². The summed E-state index contributed by atoms with van der Waals surface area (Å²) in [7, 11) is 3.00. The molecule has 2 aromatic carbocycles. The van der Waals surface area contributed by atoms with Crippen molar-refractivity contribution in [3.05, 3.63) is 48.0 Å². The van der Waals surface area contributed by atoms with Gasteiger partial charge in [-0.05, 0) is 36.2 Å². The predicted molar refractivity (Wildman–Crippen MR) is 109 cm³/mol. The van der Waals surface area contributed by atoms with Crippen LogP contribution in [0.4, 0.5) is 19.0 Å². The fourth-order valence-corrected chi connectivity index (χ4v) is 3.78. The Bertz CT molecular complexity index is 1160. The van der Waals surface area contributed by atoms with Gasteiger partial charge in [0.15, 0.2) is 17.5 Å². The molecule has 2 heterocycles. The molecule has 0 saturated carbocycles. The van der Waals surface area contributed by atoms with E-state index < -0.39 is 12.2 Å². The van der Waals surface area contributed by atoms with Gasteiger partial charge in [-0.1, -0.05) is 18.2 Å². The summed E-state index contributed by atoms with van der Waals surface area (Å²) < 4.78 is 52.9. The minimum atomic E-state index is -4.44. The van der Waals surface area contributed by atoms with Gasteiger partial charge in [0.25, 0.3) is 0 Å². The summed E-state index contributed by atoms with van der Waals surface area (Å²) in [5.41, 5.74) is 2.41. The van der Waals surface area contributed by atoms with Crippen molar-refractivity contribution >= 4 is 5.82 Å². The Morgan fingerprint density at radius 1 is 1.10 bits per heavy atom. The first-order chi connectivity index (χ1) is 14.9. The van der Waals surface area contributed by atoms with Crippen LogP contribution < -0.4 is 14.8 Å². The number of alkyl halides is 3. The number of anilines is 1. The number of fused-ring (bicyclic) bond motifs is 1. The number of methoxy groups -OCH3 is 2. The van der Waals surface area contributed by atoms with Crippen molar-refractivity contribution in [1.29, 1.82) is 5.26 Å². The van der Waals surface area contributed by atoms with Crippen molar-refractivity contribution < 1.29 is 22.6 Å². The average Bonchev–Trinajstić information content (AvgIpc) is 3.17. The lowest BCUT2D eigenvalue weighted by atomic mass is 9.98. The van der Waals surface area contributed by atoms with Crippen LogP contribution in [0.25, 0.3) is 22.4 Å². The van der Waals surface area contributed by atoms with Gasteiger partial charge in [-0.15, -0.1) is 0 Å².